The Balaban J connectivity index is 2.24. The summed E-state index contributed by atoms with van der Waals surface area (Å²) in [7, 11) is 1.25. The lowest BCUT2D eigenvalue weighted by atomic mass is 10.0. The van der Waals surface area contributed by atoms with Gasteiger partial charge in [-0.25, -0.2) is 9.59 Å². The van der Waals surface area contributed by atoms with Crippen molar-refractivity contribution < 1.29 is 24.3 Å². The molecular weight excluding hydrogens is 360 g/mol. The zero-order valence-corrected chi connectivity index (χ0v) is 16.8. The van der Waals surface area contributed by atoms with Gasteiger partial charge in [-0.2, -0.15) is 5.06 Å². The Morgan fingerprint density at radius 2 is 2.00 bits per heavy atom. The maximum atomic E-state index is 12.6. The fourth-order valence-corrected chi connectivity index (χ4v) is 3.09. The predicted octanol–water partition coefficient (Wildman–Crippen LogP) is 2.82. The van der Waals surface area contributed by atoms with Gasteiger partial charge in [-0.1, -0.05) is 36.3 Å². The topological polar surface area (TPSA) is 79.3 Å². The zero-order chi connectivity index (χ0) is 20.7. The Labute approximate surface area is 166 Å². The predicted molar refractivity (Wildman–Crippen MR) is 103 cm³/mol. The van der Waals surface area contributed by atoms with Gasteiger partial charge in [0.1, 0.15) is 11.6 Å². The number of likely N-dealkylation sites (tertiary alicyclic amines) is 1. The summed E-state index contributed by atoms with van der Waals surface area (Å²) < 4.78 is 10.1. The third kappa shape index (κ3) is 6.25. The number of benzene rings is 1. The van der Waals surface area contributed by atoms with Gasteiger partial charge < -0.3 is 19.6 Å². The number of ether oxygens (including phenoxy) is 2. The van der Waals surface area contributed by atoms with Crippen molar-refractivity contribution in [3.8, 4) is 11.8 Å². The maximum Gasteiger partial charge on any atom is 0.410 e. The second-order valence-corrected chi connectivity index (χ2v) is 7.67. The Bertz CT molecular complexity index is 733. The Kier molecular flexibility index (Phi) is 7.44. The molecule has 1 heterocycles. The first kappa shape index (κ1) is 21.7. The van der Waals surface area contributed by atoms with Gasteiger partial charge in [0.15, 0.2) is 0 Å². The molecule has 2 atom stereocenters. The van der Waals surface area contributed by atoms with E-state index >= 15 is 0 Å². The molecule has 2 rings (SSSR count). The summed E-state index contributed by atoms with van der Waals surface area (Å²) in [6.07, 6.45) is 0.957. The van der Waals surface area contributed by atoms with Crippen LogP contribution in [0.4, 0.5) is 4.79 Å². The molecule has 1 fully saturated rings. The van der Waals surface area contributed by atoms with E-state index in [4.69, 9.17) is 4.74 Å². The van der Waals surface area contributed by atoms with Gasteiger partial charge in [0, 0.05) is 12.5 Å². The minimum atomic E-state index is -0.755. The van der Waals surface area contributed by atoms with E-state index in [0.717, 1.165) is 17.0 Å². The van der Waals surface area contributed by atoms with Crippen molar-refractivity contribution in [1.82, 2.24) is 9.96 Å². The summed E-state index contributed by atoms with van der Waals surface area (Å²) >= 11 is 0. The number of hydrogen-bond donors (Lipinski definition) is 1. The molecule has 28 heavy (non-hydrogen) atoms. The first-order chi connectivity index (χ1) is 13.2. The minimum Gasteiger partial charge on any atom is -0.459 e. The lowest BCUT2D eigenvalue weighted by molar-refractivity contribution is -0.135. The van der Waals surface area contributed by atoms with Crippen molar-refractivity contribution in [2.45, 2.75) is 57.8 Å². The number of amides is 1. The van der Waals surface area contributed by atoms with Crippen molar-refractivity contribution in [3.63, 3.8) is 0 Å². The molecule has 7 heteroatoms. The van der Waals surface area contributed by atoms with Crippen LogP contribution in [0, 0.1) is 11.8 Å². The lowest BCUT2D eigenvalue weighted by Gasteiger charge is -2.34. The molecule has 0 saturated carbocycles. The number of nitrogens with zero attached hydrogens (tertiary/aromatic N) is 2. The number of esters is 1. The molecule has 1 aromatic carbocycles. The molecule has 7 nitrogen and oxygen atoms in total. The van der Waals surface area contributed by atoms with E-state index in [-0.39, 0.29) is 6.54 Å². The van der Waals surface area contributed by atoms with Crippen LogP contribution in [0.15, 0.2) is 30.3 Å². The summed E-state index contributed by atoms with van der Waals surface area (Å²) in [5.74, 6) is 4.48. The van der Waals surface area contributed by atoms with Crippen LogP contribution in [0.1, 0.15) is 39.2 Å². The third-order valence-electron chi connectivity index (χ3n) is 4.31. The summed E-state index contributed by atoms with van der Waals surface area (Å²) in [6, 6.07) is 8.25. The second-order valence-electron chi connectivity index (χ2n) is 7.67. The molecule has 0 aromatic heterocycles. The lowest BCUT2D eigenvalue weighted by Crippen LogP contribution is -2.50. The number of rotatable bonds is 4. The van der Waals surface area contributed by atoms with Crippen molar-refractivity contribution in [1.29, 1.82) is 0 Å². The molecular formula is C21H28N2O5. The minimum absolute atomic E-state index is 0.208. The van der Waals surface area contributed by atoms with E-state index < -0.39 is 29.7 Å². The summed E-state index contributed by atoms with van der Waals surface area (Å²) in [4.78, 5) is 25.7. The normalized spacial score (nSPS) is 17.6. The summed E-state index contributed by atoms with van der Waals surface area (Å²) in [6.45, 7) is 6.13. The van der Waals surface area contributed by atoms with Crippen molar-refractivity contribution in [2.24, 2.45) is 0 Å². The van der Waals surface area contributed by atoms with E-state index in [9.17, 15) is 14.8 Å². The van der Waals surface area contributed by atoms with Crippen LogP contribution in [-0.2, 0) is 20.8 Å². The third-order valence-corrected chi connectivity index (χ3v) is 4.31. The van der Waals surface area contributed by atoms with Crippen molar-refractivity contribution >= 4 is 12.1 Å². The van der Waals surface area contributed by atoms with Gasteiger partial charge in [-0.15, -0.1) is 0 Å². The highest BCUT2D eigenvalue weighted by molar-refractivity contribution is 5.88. The highest BCUT2D eigenvalue weighted by Crippen LogP contribution is 2.25. The van der Waals surface area contributed by atoms with Crippen LogP contribution in [0.25, 0.3) is 0 Å². The average molecular weight is 388 g/mol. The van der Waals surface area contributed by atoms with Gasteiger partial charge in [0.2, 0.25) is 0 Å². The number of methoxy groups -OCH3 is 1. The highest BCUT2D eigenvalue weighted by atomic mass is 16.6. The SMILES string of the molecule is COC(=O)C#C[C@H]([C@@H]1CCCN1C(=O)OC(C)(C)C)N(O)Cc1ccccc1. The smallest absolute Gasteiger partial charge is 0.410 e. The van der Waals surface area contributed by atoms with Crippen LogP contribution >= 0.6 is 0 Å². The Morgan fingerprint density at radius 3 is 2.61 bits per heavy atom. The molecule has 1 aromatic rings. The standard InChI is InChI=1S/C21H28N2O5/c1-21(2,3)28-20(25)22-14-8-11-17(22)18(12-13-19(24)27-4)23(26)15-16-9-6-5-7-10-16/h5-7,9-10,17-18,26H,8,11,14-15H2,1-4H3/t17-,18+/m0/s1. The fraction of sp³-hybridized carbons (Fsp3) is 0.524. The van der Waals surface area contributed by atoms with Gasteiger partial charge in [-0.05, 0) is 39.2 Å². The van der Waals surface area contributed by atoms with E-state index in [0.29, 0.717) is 13.0 Å². The number of hydroxylamine groups is 2. The van der Waals surface area contributed by atoms with Gasteiger partial charge >= 0.3 is 12.1 Å². The van der Waals surface area contributed by atoms with E-state index in [1.54, 1.807) is 25.7 Å². The molecule has 152 valence electrons. The highest BCUT2D eigenvalue weighted by Gasteiger charge is 2.39. The van der Waals surface area contributed by atoms with E-state index in [1.807, 2.05) is 30.3 Å². The first-order valence-electron chi connectivity index (χ1n) is 9.30. The van der Waals surface area contributed by atoms with E-state index in [1.165, 1.54) is 7.11 Å². The van der Waals surface area contributed by atoms with Crippen LogP contribution < -0.4 is 0 Å². The Morgan fingerprint density at radius 1 is 1.32 bits per heavy atom. The summed E-state index contributed by atoms with van der Waals surface area (Å²) in [5, 5.41) is 11.8. The zero-order valence-electron chi connectivity index (χ0n) is 16.8. The van der Waals surface area contributed by atoms with Gasteiger partial charge in [-0.3, -0.25) is 0 Å². The molecule has 0 radical (unpaired) electrons. The molecule has 0 spiro atoms. The number of carbonyl (C=O) groups excluding carboxylic acids is 2. The monoisotopic (exact) mass is 388 g/mol. The maximum absolute atomic E-state index is 12.6. The largest absolute Gasteiger partial charge is 0.459 e. The molecule has 1 aliphatic heterocycles. The number of carbonyl (C=O) groups is 2. The molecule has 0 unspecified atom stereocenters. The van der Waals surface area contributed by atoms with Gasteiger partial charge in [0.05, 0.1) is 19.7 Å². The van der Waals surface area contributed by atoms with Crippen LogP contribution in [0.5, 0.6) is 0 Å². The molecule has 1 saturated heterocycles. The number of hydrogen-bond acceptors (Lipinski definition) is 6. The van der Waals surface area contributed by atoms with Crippen molar-refractivity contribution in [3.05, 3.63) is 35.9 Å². The quantitative estimate of drug-likeness (QED) is 0.370. The van der Waals surface area contributed by atoms with Gasteiger partial charge in [0.25, 0.3) is 0 Å². The molecule has 0 aliphatic carbocycles. The van der Waals surface area contributed by atoms with Crippen LogP contribution in [-0.4, -0.2) is 58.6 Å². The molecule has 1 N–H and O–H groups in total. The Hall–Kier alpha value is -2.56. The van der Waals surface area contributed by atoms with Crippen LogP contribution in [0.3, 0.4) is 0 Å². The molecule has 0 bridgehead atoms. The molecule has 1 amide bonds. The molecule has 1 aliphatic rings. The van der Waals surface area contributed by atoms with Crippen LogP contribution in [0.2, 0.25) is 0 Å². The fourth-order valence-electron chi connectivity index (χ4n) is 3.09. The van der Waals surface area contributed by atoms with E-state index in [2.05, 4.69) is 16.6 Å². The summed E-state index contributed by atoms with van der Waals surface area (Å²) in [5.41, 5.74) is 0.261. The average Bonchev–Trinajstić information content (AvgIpc) is 3.10. The second kappa shape index (κ2) is 9.58. The van der Waals surface area contributed by atoms with Crippen molar-refractivity contribution in [2.75, 3.05) is 13.7 Å². The first-order valence-corrected chi connectivity index (χ1v) is 9.30.